The fraction of sp³-hybridized carbons (Fsp3) is 0.400. The average molecular weight is 242 g/mol. The smallest absolute Gasteiger partial charge is 0.0705 e. The number of nitrogens with one attached hydrogen (secondary N) is 1. The summed E-state index contributed by atoms with van der Waals surface area (Å²) in [5.41, 5.74) is 3.75. The highest BCUT2D eigenvalue weighted by Crippen LogP contribution is 2.20. The molecule has 1 aliphatic heterocycles. The van der Waals surface area contributed by atoms with E-state index in [1.165, 1.54) is 16.5 Å². The summed E-state index contributed by atoms with van der Waals surface area (Å²) in [6.07, 6.45) is 2.96. The standard InChI is InChI=1S/C15H18N2O/c1-11-4-5-15-13(3-2-7-16-15)14(11)9-17-12-6-8-18-10-12/h2-5,7,12,17H,6,8-10H2,1H3/t12-/m0/s1. The Morgan fingerprint density at radius 3 is 3.17 bits per heavy atom. The molecule has 1 fully saturated rings. The fourth-order valence-electron chi connectivity index (χ4n) is 2.50. The van der Waals surface area contributed by atoms with Crippen LogP contribution in [0.15, 0.2) is 30.5 Å². The summed E-state index contributed by atoms with van der Waals surface area (Å²) in [5, 5.41) is 4.83. The van der Waals surface area contributed by atoms with Crippen molar-refractivity contribution in [1.29, 1.82) is 0 Å². The van der Waals surface area contributed by atoms with Crippen molar-refractivity contribution < 1.29 is 4.74 Å². The first-order valence-corrected chi connectivity index (χ1v) is 6.49. The molecule has 0 saturated carbocycles. The Balaban J connectivity index is 1.87. The number of aryl methyl sites for hydroxylation is 1. The largest absolute Gasteiger partial charge is 0.380 e. The number of fused-ring (bicyclic) bond motifs is 1. The van der Waals surface area contributed by atoms with E-state index in [-0.39, 0.29) is 0 Å². The number of ether oxygens (including phenoxy) is 1. The highest BCUT2D eigenvalue weighted by molar-refractivity contribution is 5.83. The minimum absolute atomic E-state index is 0.497. The van der Waals surface area contributed by atoms with Crippen LogP contribution < -0.4 is 5.32 Å². The van der Waals surface area contributed by atoms with E-state index in [4.69, 9.17) is 4.74 Å². The summed E-state index contributed by atoms with van der Waals surface area (Å²) in [4.78, 5) is 4.41. The molecule has 0 aliphatic carbocycles. The third-order valence-corrected chi connectivity index (χ3v) is 3.63. The molecule has 1 N–H and O–H groups in total. The molecule has 1 atom stereocenters. The van der Waals surface area contributed by atoms with Crippen molar-refractivity contribution in [2.45, 2.75) is 25.9 Å². The number of hydrogen-bond donors (Lipinski definition) is 1. The van der Waals surface area contributed by atoms with Crippen molar-refractivity contribution in [3.8, 4) is 0 Å². The number of pyridine rings is 1. The lowest BCUT2D eigenvalue weighted by Crippen LogP contribution is -2.28. The topological polar surface area (TPSA) is 34.2 Å². The summed E-state index contributed by atoms with van der Waals surface area (Å²) >= 11 is 0. The Morgan fingerprint density at radius 2 is 2.33 bits per heavy atom. The van der Waals surface area contributed by atoms with Crippen LogP contribution in [-0.4, -0.2) is 24.2 Å². The molecular formula is C15H18N2O. The van der Waals surface area contributed by atoms with Gasteiger partial charge in [-0.05, 0) is 36.6 Å². The number of benzene rings is 1. The van der Waals surface area contributed by atoms with Gasteiger partial charge in [0.25, 0.3) is 0 Å². The molecule has 2 heterocycles. The van der Waals surface area contributed by atoms with Crippen molar-refractivity contribution in [2.24, 2.45) is 0 Å². The highest BCUT2D eigenvalue weighted by atomic mass is 16.5. The van der Waals surface area contributed by atoms with Crippen LogP contribution in [0.3, 0.4) is 0 Å². The van der Waals surface area contributed by atoms with Gasteiger partial charge in [-0.1, -0.05) is 12.1 Å². The zero-order chi connectivity index (χ0) is 12.4. The van der Waals surface area contributed by atoms with Crippen molar-refractivity contribution in [3.05, 3.63) is 41.6 Å². The second-order valence-electron chi connectivity index (χ2n) is 4.87. The molecule has 0 unspecified atom stereocenters. The summed E-state index contributed by atoms with van der Waals surface area (Å²) in [5.74, 6) is 0. The van der Waals surface area contributed by atoms with Crippen LogP contribution in [0.1, 0.15) is 17.5 Å². The van der Waals surface area contributed by atoms with Crippen LogP contribution in [0.2, 0.25) is 0 Å². The van der Waals surface area contributed by atoms with Crippen LogP contribution in [0.5, 0.6) is 0 Å². The van der Waals surface area contributed by atoms with E-state index in [2.05, 4.69) is 35.4 Å². The molecule has 2 aromatic rings. The predicted molar refractivity (Wildman–Crippen MR) is 72.5 cm³/mol. The second kappa shape index (κ2) is 5.04. The molecule has 3 heteroatoms. The monoisotopic (exact) mass is 242 g/mol. The highest BCUT2D eigenvalue weighted by Gasteiger charge is 2.15. The maximum Gasteiger partial charge on any atom is 0.0705 e. The SMILES string of the molecule is Cc1ccc2ncccc2c1CN[C@H]1CCOC1. The minimum atomic E-state index is 0.497. The van der Waals surface area contributed by atoms with Gasteiger partial charge in [-0.15, -0.1) is 0 Å². The summed E-state index contributed by atoms with van der Waals surface area (Å²) < 4.78 is 5.39. The van der Waals surface area contributed by atoms with Gasteiger partial charge in [0.05, 0.1) is 12.1 Å². The number of hydrogen-bond acceptors (Lipinski definition) is 3. The molecule has 1 aromatic heterocycles. The van der Waals surface area contributed by atoms with Crippen molar-refractivity contribution in [1.82, 2.24) is 10.3 Å². The third kappa shape index (κ3) is 2.24. The van der Waals surface area contributed by atoms with E-state index < -0.39 is 0 Å². The van der Waals surface area contributed by atoms with Gasteiger partial charge in [0.1, 0.15) is 0 Å². The second-order valence-corrected chi connectivity index (χ2v) is 4.87. The first-order valence-electron chi connectivity index (χ1n) is 6.49. The molecule has 0 radical (unpaired) electrons. The maximum atomic E-state index is 5.39. The first-order chi connectivity index (χ1) is 8.84. The van der Waals surface area contributed by atoms with Gasteiger partial charge in [0.2, 0.25) is 0 Å². The molecule has 1 saturated heterocycles. The molecule has 1 aromatic carbocycles. The quantitative estimate of drug-likeness (QED) is 0.897. The van der Waals surface area contributed by atoms with E-state index in [0.717, 1.165) is 31.7 Å². The molecule has 94 valence electrons. The molecular weight excluding hydrogens is 224 g/mol. The number of aromatic nitrogens is 1. The van der Waals surface area contributed by atoms with Crippen LogP contribution in [0.4, 0.5) is 0 Å². The van der Waals surface area contributed by atoms with E-state index in [1.807, 2.05) is 12.3 Å². The fourth-order valence-corrected chi connectivity index (χ4v) is 2.50. The van der Waals surface area contributed by atoms with Crippen LogP contribution in [0, 0.1) is 6.92 Å². The molecule has 0 amide bonds. The lowest BCUT2D eigenvalue weighted by molar-refractivity contribution is 0.190. The van der Waals surface area contributed by atoms with Crippen molar-refractivity contribution in [3.63, 3.8) is 0 Å². The molecule has 18 heavy (non-hydrogen) atoms. The molecule has 0 spiro atoms. The number of nitrogens with zero attached hydrogens (tertiary/aromatic N) is 1. The van der Waals surface area contributed by atoms with E-state index in [0.29, 0.717) is 6.04 Å². The Morgan fingerprint density at radius 1 is 1.39 bits per heavy atom. The van der Waals surface area contributed by atoms with Gasteiger partial charge in [-0.3, -0.25) is 4.98 Å². The van der Waals surface area contributed by atoms with Gasteiger partial charge in [0, 0.05) is 30.8 Å². The van der Waals surface area contributed by atoms with Gasteiger partial charge in [-0.2, -0.15) is 0 Å². The van der Waals surface area contributed by atoms with Crippen molar-refractivity contribution >= 4 is 10.9 Å². The zero-order valence-electron chi connectivity index (χ0n) is 10.6. The van der Waals surface area contributed by atoms with Crippen LogP contribution in [-0.2, 0) is 11.3 Å². The maximum absolute atomic E-state index is 5.39. The lowest BCUT2D eigenvalue weighted by atomic mass is 10.0. The average Bonchev–Trinajstić information content (AvgIpc) is 2.91. The van der Waals surface area contributed by atoms with Crippen LogP contribution >= 0.6 is 0 Å². The molecule has 0 bridgehead atoms. The Kier molecular flexibility index (Phi) is 3.26. The molecule has 3 rings (SSSR count). The van der Waals surface area contributed by atoms with Crippen molar-refractivity contribution in [2.75, 3.05) is 13.2 Å². The normalized spacial score (nSPS) is 19.5. The van der Waals surface area contributed by atoms with Gasteiger partial charge >= 0.3 is 0 Å². The summed E-state index contributed by atoms with van der Waals surface area (Å²) in [6.45, 7) is 4.77. The van der Waals surface area contributed by atoms with E-state index in [9.17, 15) is 0 Å². The Labute approximate surface area is 107 Å². The zero-order valence-corrected chi connectivity index (χ0v) is 10.6. The number of rotatable bonds is 3. The Hall–Kier alpha value is -1.45. The van der Waals surface area contributed by atoms with Crippen LogP contribution in [0.25, 0.3) is 10.9 Å². The van der Waals surface area contributed by atoms with E-state index in [1.54, 1.807) is 0 Å². The molecule has 3 nitrogen and oxygen atoms in total. The summed E-state index contributed by atoms with van der Waals surface area (Å²) in [6, 6.07) is 8.89. The summed E-state index contributed by atoms with van der Waals surface area (Å²) in [7, 11) is 0. The lowest BCUT2D eigenvalue weighted by Gasteiger charge is -2.14. The predicted octanol–water partition coefficient (Wildman–Crippen LogP) is 2.42. The minimum Gasteiger partial charge on any atom is -0.380 e. The van der Waals surface area contributed by atoms with Gasteiger partial charge < -0.3 is 10.1 Å². The van der Waals surface area contributed by atoms with Gasteiger partial charge in [0.15, 0.2) is 0 Å². The molecule has 1 aliphatic rings. The third-order valence-electron chi connectivity index (χ3n) is 3.63. The van der Waals surface area contributed by atoms with Gasteiger partial charge in [-0.25, -0.2) is 0 Å². The van der Waals surface area contributed by atoms with E-state index >= 15 is 0 Å². The first kappa shape index (κ1) is 11.6. The Bertz CT molecular complexity index is 547.